The minimum absolute atomic E-state index is 0.0365. The first kappa shape index (κ1) is 9.94. The number of rotatable bonds is 4. The van der Waals surface area contributed by atoms with Gasteiger partial charge in [0.25, 0.3) is 0 Å². The monoisotopic (exact) mass is 193 g/mol. The van der Waals surface area contributed by atoms with Crippen LogP contribution >= 0.6 is 11.3 Å². The zero-order valence-electron chi connectivity index (χ0n) is 7.49. The highest BCUT2D eigenvalue weighted by Crippen LogP contribution is 2.15. The van der Waals surface area contributed by atoms with Gasteiger partial charge in [-0.3, -0.25) is 4.79 Å². The van der Waals surface area contributed by atoms with Gasteiger partial charge in [0.1, 0.15) is 5.92 Å². The molecule has 0 aliphatic rings. The molecule has 0 radical (unpaired) electrons. The molecule has 0 aliphatic heterocycles. The van der Waals surface area contributed by atoms with Crippen LogP contribution in [0.2, 0.25) is 0 Å². The Hall–Kier alpha value is -1.14. The van der Waals surface area contributed by atoms with Gasteiger partial charge in [0.05, 0.1) is 6.07 Å². The third-order valence-corrected chi connectivity index (χ3v) is 2.54. The number of hydrogen-bond donors (Lipinski definition) is 0. The zero-order chi connectivity index (χ0) is 9.68. The second-order valence-corrected chi connectivity index (χ2v) is 3.63. The van der Waals surface area contributed by atoms with Crippen LogP contribution in [0.3, 0.4) is 0 Å². The Bertz CT molecular complexity index is 310. The van der Waals surface area contributed by atoms with E-state index in [0.717, 1.165) is 6.42 Å². The molecule has 0 N–H and O–H groups in total. The lowest BCUT2D eigenvalue weighted by atomic mass is 9.97. The van der Waals surface area contributed by atoms with Crippen molar-refractivity contribution in [2.75, 3.05) is 0 Å². The van der Waals surface area contributed by atoms with Crippen LogP contribution in [0, 0.1) is 17.2 Å². The van der Waals surface area contributed by atoms with Crippen LogP contribution in [-0.2, 0) is 0 Å². The fourth-order valence-corrected chi connectivity index (χ4v) is 1.79. The van der Waals surface area contributed by atoms with Crippen molar-refractivity contribution < 1.29 is 4.79 Å². The van der Waals surface area contributed by atoms with Gasteiger partial charge in [-0.15, -0.1) is 0 Å². The summed E-state index contributed by atoms with van der Waals surface area (Å²) in [5.74, 6) is -0.495. The van der Waals surface area contributed by atoms with Crippen molar-refractivity contribution in [2.24, 2.45) is 5.92 Å². The fourth-order valence-electron chi connectivity index (χ4n) is 1.15. The molecule has 68 valence electrons. The molecule has 0 bridgehead atoms. The first-order chi connectivity index (χ1) is 6.29. The van der Waals surface area contributed by atoms with E-state index in [2.05, 4.69) is 0 Å². The van der Waals surface area contributed by atoms with Gasteiger partial charge < -0.3 is 0 Å². The van der Waals surface area contributed by atoms with Crippen LogP contribution in [0.15, 0.2) is 16.8 Å². The minimum atomic E-state index is -0.459. The average molecular weight is 193 g/mol. The summed E-state index contributed by atoms with van der Waals surface area (Å²) < 4.78 is 0. The molecule has 3 heteroatoms. The van der Waals surface area contributed by atoms with Gasteiger partial charge in [-0.1, -0.05) is 13.3 Å². The summed E-state index contributed by atoms with van der Waals surface area (Å²) in [5, 5.41) is 12.4. The SMILES string of the molecule is CCC[C@H](C#N)C(=O)c1ccsc1. The summed E-state index contributed by atoms with van der Waals surface area (Å²) in [7, 11) is 0. The molecule has 0 aromatic carbocycles. The average Bonchev–Trinajstić information content (AvgIpc) is 2.65. The second kappa shape index (κ2) is 4.78. The maximum atomic E-state index is 11.6. The zero-order valence-corrected chi connectivity index (χ0v) is 8.30. The Morgan fingerprint density at radius 2 is 2.54 bits per heavy atom. The van der Waals surface area contributed by atoms with E-state index < -0.39 is 5.92 Å². The van der Waals surface area contributed by atoms with Crippen LogP contribution in [0.1, 0.15) is 30.1 Å². The maximum absolute atomic E-state index is 11.6. The van der Waals surface area contributed by atoms with Gasteiger partial charge in [0, 0.05) is 10.9 Å². The molecule has 1 aromatic heterocycles. The molecule has 1 atom stereocenters. The lowest BCUT2D eigenvalue weighted by molar-refractivity contribution is 0.0944. The van der Waals surface area contributed by atoms with Crippen LogP contribution in [0.4, 0.5) is 0 Å². The molecule has 1 rings (SSSR count). The maximum Gasteiger partial charge on any atom is 0.180 e. The molecule has 13 heavy (non-hydrogen) atoms. The van der Waals surface area contributed by atoms with E-state index in [-0.39, 0.29) is 5.78 Å². The van der Waals surface area contributed by atoms with Crippen LogP contribution in [-0.4, -0.2) is 5.78 Å². The number of carbonyl (C=O) groups excluding carboxylic acids is 1. The highest BCUT2D eigenvalue weighted by Gasteiger charge is 2.18. The molecule has 0 amide bonds. The Morgan fingerprint density at radius 3 is 3.00 bits per heavy atom. The quantitative estimate of drug-likeness (QED) is 0.690. The number of Topliss-reactive ketones (excluding diaryl/α,β-unsaturated/α-hetero) is 1. The lowest BCUT2D eigenvalue weighted by Gasteiger charge is -2.03. The van der Waals surface area contributed by atoms with E-state index >= 15 is 0 Å². The highest BCUT2D eigenvalue weighted by atomic mass is 32.1. The third-order valence-electron chi connectivity index (χ3n) is 1.86. The lowest BCUT2D eigenvalue weighted by Crippen LogP contribution is -2.11. The number of ketones is 1. The topological polar surface area (TPSA) is 40.9 Å². The Balaban J connectivity index is 2.72. The van der Waals surface area contributed by atoms with E-state index in [9.17, 15) is 4.79 Å². The fraction of sp³-hybridized carbons (Fsp3) is 0.400. The predicted octanol–water partition coefficient (Wildman–Crippen LogP) is 2.87. The minimum Gasteiger partial charge on any atom is -0.293 e. The van der Waals surface area contributed by atoms with E-state index in [1.165, 1.54) is 11.3 Å². The van der Waals surface area contributed by atoms with Crippen molar-refractivity contribution in [1.82, 2.24) is 0 Å². The number of carbonyl (C=O) groups is 1. The normalized spacial score (nSPS) is 12.0. The number of nitriles is 1. The summed E-state index contributed by atoms with van der Waals surface area (Å²) >= 11 is 1.48. The second-order valence-electron chi connectivity index (χ2n) is 2.85. The summed E-state index contributed by atoms with van der Waals surface area (Å²) in [6.07, 6.45) is 1.53. The Labute approximate surface area is 81.8 Å². The van der Waals surface area contributed by atoms with Crippen LogP contribution in [0.25, 0.3) is 0 Å². The van der Waals surface area contributed by atoms with E-state index in [4.69, 9.17) is 5.26 Å². The standard InChI is InChI=1S/C10H11NOS/c1-2-3-8(6-11)10(12)9-4-5-13-7-9/h4-5,7-8H,2-3H2,1H3/t8-/m1/s1. The Morgan fingerprint density at radius 1 is 1.77 bits per heavy atom. The van der Waals surface area contributed by atoms with Gasteiger partial charge in [-0.25, -0.2) is 0 Å². The molecule has 0 unspecified atom stereocenters. The summed E-state index contributed by atoms with van der Waals surface area (Å²) in [6.45, 7) is 1.98. The van der Waals surface area contributed by atoms with Crippen molar-refractivity contribution in [3.05, 3.63) is 22.4 Å². The molecular weight excluding hydrogens is 182 g/mol. The van der Waals surface area contributed by atoms with Gasteiger partial charge in [0.2, 0.25) is 0 Å². The third kappa shape index (κ3) is 2.40. The molecule has 0 saturated carbocycles. The molecule has 2 nitrogen and oxygen atoms in total. The molecule has 1 heterocycles. The first-order valence-corrected chi connectivity index (χ1v) is 5.20. The van der Waals surface area contributed by atoms with E-state index in [1.807, 2.05) is 18.4 Å². The van der Waals surface area contributed by atoms with E-state index in [0.29, 0.717) is 12.0 Å². The van der Waals surface area contributed by atoms with Crippen molar-refractivity contribution >= 4 is 17.1 Å². The smallest absolute Gasteiger partial charge is 0.180 e. The van der Waals surface area contributed by atoms with Crippen molar-refractivity contribution in [3.63, 3.8) is 0 Å². The molecule has 0 spiro atoms. The summed E-state index contributed by atoms with van der Waals surface area (Å²) in [6, 6.07) is 3.82. The van der Waals surface area contributed by atoms with Gasteiger partial charge in [-0.05, 0) is 17.9 Å². The molecule has 0 saturated heterocycles. The molecule has 0 fully saturated rings. The predicted molar refractivity (Wildman–Crippen MR) is 52.7 cm³/mol. The van der Waals surface area contributed by atoms with Crippen LogP contribution < -0.4 is 0 Å². The van der Waals surface area contributed by atoms with Crippen molar-refractivity contribution in [2.45, 2.75) is 19.8 Å². The van der Waals surface area contributed by atoms with Crippen molar-refractivity contribution in [1.29, 1.82) is 5.26 Å². The molecule has 0 aliphatic carbocycles. The number of hydrogen-bond acceptors (Lipinski definition) is 3. The van der Waals surface area contributed by atoms with Gasteiger partial charge in [-0.2, -0.15) is 16.6 Å². The summed E-state index contributed by atoms with van der Waals surface area (Å²) in [4.78, 5) is 11.6. The van der Waals surface area contributed by atoms with Gasteiger partial charge >= 0.3 is 0 Å². The van der Waals surface area contributed by atoms with Gasteiger partial charge in [0.15, 0.2) is 5.78 Å². The number of thiophene rings is 1. The Kier molecular flexibility index (Phi) is 3.66. The molecule has 1 aromatic rings. The van der Waals surface area contributed by atoms with Crippen molar-refractivity contribution in [3.8, 4) is 6.07 Å². The largest absolute Gasteiger partial charge is 0.293 e. The summed E-state index contributed by atoms with van der Waals surface area (Å²) in [5.41, 5.74) is 0.671. The number of nitrogens with zero attached hydrogens (tertiary/aromatic N) is 1. The van der Waals surface area contributed by atoms with Crippen LogP contribution in [0.5, 0.6) is 0 Å². The molecular formula is C10H11NOS. The highest BCUT2D eigenvalue weighted by molar-refractivity contribution is 7.08. The van der Waals surface area contributed by atoms with E-state index in [1.54, 1.807) is 11.4 Å². The first-order valence-electron chi connectivity index (χ1n) is 4.25.